The zero-order chi connectivity index (χ0) is 24.6. The summed E-state index contributed by atoms with van der Waals surface area (Å²) < 4.78 is 28.2. The van der Waals surface area contributed by atoms with Gasteiger partial charge in [-0.25, -0.2) is 13.5 Å². The molecule has 0 radical (unpaired) electrons. The van der Waals surface area contributed by atoms with Gasteiger partial charge in [0.05, 0.1) is 23.7 Å². The maximum absolute atomic E-state index is 13.5. The first kappa shape index (κ1) is 22.9. The van der Waals surface area contributed by atoms with E-state index in [1.165, 1.54) is 17.7 Å². The summed E-state index contributed by atoms with van der Waals surface area (Å²) in [6.45, 7) is 3.57. The molecule has 1 aromatic carbocycles. The van der Waals surface area contributed by atoms with Gasteiger partial charge in [-0.1, -0.05) is 31.3 Å². The van der Waals surface area contributed by atoms with Crippen LogP contribution in [0.2, 0.25) is 0 Å². The van der Waals surface area contributed by atoms with E-state index in [2.05, 4.69) is 36.9 Å². The molecule has 4 aliphatic carbocycles. The number of benzene rings is 1. The van der Waals surface area contributed by atoms with Gasteiger partial charge in [0.2, 0.25) is 0 Å². The minimum atomic E-state index is -1.25. The van der Waals surface area contributed by atoms with E-state index in [9.17, 15) is 19.0 Å². The predicted molar refractivity (Wildman–Crippen MR) is 130 cm³/mol. The van der Waals surface area contributed by atoms with Gasteiger partial charge in [-0.2, -0.15) is 5.10 Å². The third-order valence-corrected chi connectivity index (χ3v) is 10.0. The molecule has 35 heavy (non-hydrogen) atoms. The van der Waals surface area contributed by atoms with Crippen molar-refractivity contribution >= 4 is 6.08 Å². The number of nitrogens with zero attached hydrogens (tertiary/aromatic N) is 2. The number of alkyl halides is 1. The van der Waals surface area contributed by atoms with Crippen LogP contribution in [-0.2, 0) is 6.42 Å². The molecule has 1 heterocycles. The summed E-state index contributed by atoms with van der Waals surface area (Å²) in [6.07, 6.45) is 8.11. The van der Waals surface area contributed by atoms with E-state index in [-0.39, 0.29) is 29.0 Å². The van der Waals surface area contributed by atoms with Crippen molar-refractivity contribution in [3.05, 3.63) is 53.1 Å². The molecule has 3 fully saturated rings. The maximum Gasteiger partial charge on any atom is 0.150 e. The second-order valence-electron chi connectivity index (χ2n) is 11.6. The summed E-state index contributed by atoms with van der Waals surface area (Å²) in [5, 5.41) is 27.7. The van der Waals surface area contributed by atoms with Crippen LogP contribution in [-0.4, -0.2) is 38.4 Å². The van der Waals surface area contributed by atoms with Crippen LogP contribution in [0.25, 0.3) is 11.8 Å². The Labute approximate surface area is 205 Å². The van der Waals surface area contributed by atoms with Gasteiger partial charge in [0, 0.05) is 5.41 Å². The van der Waals surface area contributed by atoms with Gasteiger partial charge >= 0.3 is 0 Å². The highest BCUT2D eigenvalue weighted by atomic mass is 19.1. The fraction of sp³-hybridized carbons (Fsp3) is 0.552. The van der Waals surface area contributed by atoms with Crippen molar-refractivity contribution in [1.82, 2.24) is 9.78 Å². The molecule has 3 saturated carbocycles. The monoisotopic (exact) mass is 478 g/mol. The van der Waals surface area contributed by atoms with Gasteiger partial charge in [-0.15, -0.1) is 0 Å². The van der Waals surface area contributed by atoms with Gasteiger partial charge in [-0.3, -0.25) is 0 Å². The lowest BCUT2D eigenvalue weighted by Crippen LogP contribution is -2.59. The Morgan fingerprint density at radius 2 is 1.97 bits per heavy atom. The van der Waals surface area contributed by atoms with Crippen molar-refractivity contribution in [2.24, 2.45) is 28.6 Å². The van der Waals surface area contributed by atoms with E-state index in [4.69, 9.17) is 0 Å². The van der Waals surface area contributed by atoms with Crippen molar-refractivity contribution in [3.63, 3.8) is 0 Å². The predicted octanol–water partition coefficient (Wildman–Crippen LogP) is 4.87. The van der Waals surface area contributed by atoms with Crippen LogP contribution in [0.15, 0.2) is 36.0 Å². The number of allylic oxidation sites excluding steroid dienone is 1. The average Bonchev–Trinajstić information content (AvgIpc) is 3.33. The molecular formula is C29H32F2N2O2. The average molecular weight is 479 g/mol. The molecule has 2 aromatic rings. The second-order valence-corrected chi connectivity index (χ2v) is 11.6. The molecular weight excluding hydrogens is 446 g/mol. The van der Waals surface area contributed by atoms with E-state index in [0.717, 1.165) is 42.6 Å². The molecule has 2 N–H and O–H groups in total. The van der Waals surface area contributed by atoms with Gasteiger partial charge in [-0.05, 0) is 97.6 Å². The van der Waals surface area contributed by atoms with E-state index in [0.29, 0.717) is 12.8 Å². The second kappa shape index (κ2) is 7.75. The minimum absolute atomic E-state index is 0.0828. The van der Waals surface area contributed by atoms with Crippen molar-refractivity contribution in [3.8, 4) is 17.5 Å². The fourth-order valence-corrected chi connectivity index (χ4v) is 8.36. The van der Waals surface area contributed by atoms with Gasteiger partial charge in [0.25, 0.3) is 0 Å². The number of hydrogen-bond donors (Lipinski definition) is 2. The summed E-state index contributed by atoms with van der Waals surface area (Å²) in [4.78, 5) is 0. The molecule has 6 heteroatoms. The van der Waals surface area contributed by atoms with E-state index in [1.807, 2.05) is 10.9 Å². The quantitative estimate of drug-likeness (QED) is 0.575. The van der Waals surface area contributed by atoms with E-state index >= 15 is 0 Å². The molecule has 184 valence electrons. The Morgan fingerprint density at radius 1 is 1.20 bits per heavy atom. The maximum atomic E-state index is 13.5. The summed E-state index contributed by atoms with van der Waals surface area (Å²) in [6, 6.07) is 6.38. The third kappa shape index (κ3) is 3.14. The molecule has 7 atom stereocenters. The van der Waals surface area contributed by atoms with Crippen LogP contribution in [0, 0.1) is 46.2 Å². The van der Waals surface area contributed by atoms with Crippen LogP contribution in [0.1, 0.15) is 57.2 Å². The highest BCUT2D eigenvalue weighted by molar-refractivity contribution is 5.61. The first-order valence-corrected chi connectivity index (χ1v) is 12.7. The van der Waals surface area contributed by atoms with Crippen molar-refractivity contribution < 1.29 is 19.0 Å². The normalized spacial score (nSPS) is 39.4. The number of aromatic nitrogens is 2. The van der Waals surface area contributed by atoms with Gasteiger partial charge in [0.1, 0.15) is 18.1 Å². The minimum Gasteiger partial charge on any atom is -0.393 e. The number of hydrogen-bond acceptors (Lipinski definition) is 3. The zero-order valence-electron chi connectivity index (χ0n) is 20.3. The standard InChI is InChI=1S/C29H32F2N2O2/c1-27-15-18-17-32-33(21-7-5-20(31)6-8-21)24(18)14-19(27)4-9-22-23-10-12-29(35,11-3-13-30)28(23,2)16-25(34)26(22)27/h5-8,14,17,22-23,25-26,34-35H,4,9-10,12-13,15-16H2,1-2H3/t22-,23-,25-,26+,27-,28-,29-/m0/s1. The highest BCUT2D eigenvalue weighted by Gasteiger charge is 2.66. The molecule has 0 aliphatic heterocycles. The number of aliphatic hydroxyl groups excluding tert-OH is 1. The Balaban J connectivity index is 1.36. The summed E-state index contributed by atoms with van der Waals surface area (Å²) in [7, 11) is 0. The van der Waals surface area contributed by atoms with Crippen LogP contribution < -0.4 is 0 Å². The lowest BCUT2D eigenvalue weighted by atomic mass is 9.45. The third-order valence-electron chi connectivity index (χ3n) is 10.0. The Hall–Kier alpha value is -2.49. The van der Waals surface area contributed by atoms with Gasteiger partial charge < -0.3 is 10.2 Å². The summed E-state index contributed by atoms with van der Waals surface area (Å²) >= 11 is 0. The molecule has 4 aliphatic rings. The van der Waals surface area contributed by atoms with Crippen molar-refractivity contribution in [2.75, 3.05) is 6.67 Å². The molecule has 1 aromatic heterocycles. The fourth-order valence-electron chi connectivity index (χ4n) is 8.36. The first-order chi connectivity index (χ1) is 16.7. The van der Waals surface area contributed by atoms with Crippen LogP contribution >= 0.6 is 0 Å². The largest absolute Gasteiger partial charge is 0.393 e. The van der Waals surface area contributed by atoms with Crippen LogP contribution in [0.4, 0.5) is 8.78 Å². The van der Waals surface area contributed by atoms with Gasteiger partial charge in [0.15, 0.2) is 0 Å². The summed E-state index contributed by atoms with van der Waals surface area (Å²) in [5.74, 6) is 5.65. The molecule has 6 rings (SSSR count). The highest BCUT2D eigenvalue weighted by Crippen LogP contribution is 2.67. The van der Waals surface area contributed by atoms with E-state index < -0.39 is 23.8 Å². The SMILES string of the molecule is C[C@]12Cc3cnn(-c4ccc(F)cc4)c3C=C1CC[C@@H]1[C@@H]2[C@@H](O)C[C@@]2(C)[C@H]1CC[C@@]2(O)C#CCF. The lowest BCUT2D eigenvalue weighted by molar-refractivity contribution is -0.152. The molecule has 0 unspecified atom stereocenters. The van der Waals surface area contributed by atoms with E-state index in [1.54, 1.807) is 12.1 Å². The number of fused-ring (bicyclic) bond motifs is 6. The molecule has 0 saturated heterocycles. The topological polar surface area (TPSA) is 58.3 Å². The van der Waals surface area contributed by atoms with Crippen molar-refractivity contribution in [1.29, 1.82) is 0 Å². The Bertz CT molecular complexity index is 1260. The molecule has 0 bridgehead atoms. The number of rotatable bonds is 1. The molecule has 4 nitrogen and oxygen atoms in total. The van der Waals surface area contributed by atoms with Crippen LogP contribution in [0.5, 0.6) is 0 Å². The molecule has 0 spiro atoms. The van der Waals surface area contributed by atoms with Crippen molar-refractivity contribution in [2.45, 2.75) is 64.1 Å². The lowest BCUT2D eigenvalue weighted by Gasteiger charge is -2.60. The summed E-state index contributed by atoms with van der Waals surface area (Å²) in [5.41, 5.74) is 2.35. The first-order valence-electron chi connectivity index (χ1n) is 12.7. The Kier molecular flexibility index (Phi) is 5.08. The zero-order valence-corrected chi connectivity index (χ0v) is 20.3. The smallest absolute Gasteiger partial charge is 0.150 e. The number of halogens is 2. The Morgan fingerprint density at radius 3 is 2.71 bits per heavy atom. The molecule has 0 amide bonds. The van der Waals surface area contributed by atoms with Crippen LogP contribution in [0.3, 0.4) is 0 Å². The number of aliphatic hydroxyl groups is 2.